The van der Waals surface area contributed by atoms with Crippen molar-refractivity contribution in [3.63, 3.8) is 0 Å². The average Bonchev–Trinajstić information content (AvgIpc) is 3.42. The first-order valence-electron chi connectivity index (χ1n) is 9.28. The number of rotatable bonds is 7. The van der Waals surface area contributed by atoms with Gasteiger partial charge in [-0.15, -0.1) is 0 Å². The third-order valence-electron chi connectivity index (χ3n) is 5.52. The van der Waals surface area contributed by atoms with Crippen molar-refractivity contribution in [2.75, 3.05) is 26.8 Å². The topological polar surface area (TPSA) is 38.8 Å². The van der Waals surface area contributed by atoms with E-state index in [0.29, 0.717) is 12.5 Å². The van der Waals surface area contributed by atoms with Crippen molar-refractivity contribution in [1.82, 2.24) is 4.90 Å². The van der Waals surface area contributed by atoms with Crippen LogP contribution < -0.4 is 4.74 Å². The van der Waals surface area contributed by atoms with Gasteiger partial charge in [0.25, 0.3) is 0 Å². The first kappa shape index (κ1) is 18.2. The number of nitrogens with zero attached hydrogens (tertiary/aromatic N) is 1. The van der Waals surface area contributed by atoms with Crippen LogP contribution in [0.5, 0.6) is 5.75 Å². The molecule has 1 aromatic rings. The van der Waals surface area contributed by atoms with Gasteiger partial charge in [-0.1, -0.05) is 18.9 Å². The fourth-order valence-corrected chi connectivity index (χ4v) is 3.85. The maximum Gasteiger partial charge on any atom is 0.312 e. The van der Waals surface area contributed by atoms with Crippen LogP contribution in [0.2, 0.25) is 0 Å². The Morgan fingerprint density at radius 3 is 2.64 bits per heavy atom. The van der Waals surface area contributed by atoms with E-state index in [1.165, 1.54) is 26.0 Å². The summed E-state index contributed by atoms with van der Waals surface area (Å²) >= 11 is 0. The molecule has 3 rings (SSSR count). The van der Waals surface area contributed by atoms with Gasteiger partial charge >= 0.3 is 5.97 Å². The molecule has 0 spiro atoms. The Balaban J connectivity index is 1.62. The number of ether oxygens (including phenoxy) is 2. The van der Waals surface area contributed by atoms with E-state index < -0.39 is 0 Å². The summed E-state index contributed by atoms with van der Waals surface area (Å²) in [5.74, 6) is 0.641. The lowest BCUT2D eigenvalue weighted by Gasteiger charge is -2.40. The summed E-state index contributed by atoms with van der Waals surface area (Å²) < 4.78 is 24.0. The highest BCUT2D eigenvalue weighted by molar-refractivity contribution is 5.77. The maximum atomic E-state index is 13.5. The fraction of sp³-hybridized carbons (Fsp3) is 0.650. The fourth-order valence-electron chi connectivity index (χ4n) is 3.85. The highest BCUT2D eigenvalue weighted by Gasteiger charge is 2.45. The van der Waals surface area contributed by atoms with Crippen LogP contribution in [0.25, 0.3) is 0 Å². The van der Waals surface area contributed by atoms with Crippen molar-refractivity contribution < 1.29 is 18.7 Å². The van der Waals surface area contributed by atoms with E-state index in [4.69, 9.17) is 9.47 Å². The molecule has 138 valence electrons. The predicted molar refractivity (Wildman–Crippen MR) is 93.9 cm³/mol. The van der Waals surface area contributed by atoms with Crippen LogP contribution in [0.4, 0.5) is 4.39 Å². The van der Waals surface area contributed by atoms with Gasteiger partial charge in [0.2, 0.25) is 0 Å². The molecular formula is C20H28FNO3. The molecule has 0 bridgehead atoms. The van der Waals surface area contributed by atoms with E-state index in [-0.39, 0.29) is 23.0 Å². The molecule has 1 aliphatic carbocycles. The summed E-state index contributed by atoms with van der Waals surface area (Å²) in [6.45, 7) is 4.81. The van der Waals surface area contributed by atoms with Gasteiger partial charge in [0.1, 0.15) is 0 Å². The summed E-state index contributed by atoms with van der Waals surface area (Å²) in [6.07, 6.45) is 5.17. The Morgan fingerprint density at radius 1 is 1.32 bits per heavy atom. The van der Waals surface area contributed by atoms with Crippen molar-refractivity contribution in [2.45, 2.75) is 45.6 Å². The van der Waals surface area contributed by atoms with Gasteiger partial charge in [0, 0.05) is 6.54 Å². The van der Waals surface area contributed by atoms with Crippen LogP contribution >= 0.6 is 0 Å². The lowest BCUT2D eigenvalue weighted by Crippen LogP contribution is -2.45. The third kappa shape index (κ3) is 4.32. The van der Waals surface area contributed by atoms with Gasteiger partial charge in [0.15, 0.2) is 11.6 Å². The molecule has 1 aliphatic heterocycles. The van der Waals surface area contributed by atoms with Crippen LogP contribution in [-0.4, -0.2) is 37.7 Å². The second kappa shape index (κ2) is 7.73. The zero-order valence-corrected chi connectivity index (χ0v) is 15.2. The number of benzene rings is 1. The molecule has 0 atom stereocenters. The Labute approximate surface area is 149 Å². The van der Waals surface area contributed by atoms with Gasteiger partial charge in [-0.2, -0.15) is 0 Å². The van der Waals surface area contributed by atoms with E-state index in [2.05, 4.69) is 4.90 Å². The lowest BCUT2D eigenvalue weighted by molar-refractivity contribution is -0.159. The zero-order valence-electron chi connectivity index (χ0n) is 15.2. The van der Waals surface area contributed by atoms with Crippen LogP contribution in [0.15, 0.2) is 18.2 Å². The molecule has 0 aromatic heterocycles. The molecule has 2 fully saturated rings. The Bertz CT molecular complexity index is 607. The monoisotopic (exact) mass is 349 g/mol. The molecular weight excluding hydrogens is 321 g/mol. The van der Waals surface area contributed by atoms with Crippen LogP contribution in [0, 0.1) is 17.2 Å². The Morgan fingerprint density at radius 2 is 2.04 bits per heavy atom. The van der Waals surface area contributed by atoms with Crippen molar-refractivity contribution in [3.8, 4) is 5.75 Å². The van der Waals surface area contributed by atoms with E-state index >= 15 is 0 Å². The van der Waals surface area contributed by atoms with E-state index in [9.17, 15) is 9.18 Å². The largest absolute Gasteiger partial charge is 0.494 e. The second-order valence-corrected chi connectivity index (χ2v) is 7.39. The first-order chi connectivity index (χ1) is 12.1. The average molecular weight is 349 g/mol. The molecule has 5 heteroatoms. The Hall–Kier alpha value is -1.62. The number of hydrogen-bond donors (Lipinski definition) is 0. The third-order valence-corrected chi connectivity index (χ3v) is 5.52. The molecule has 1 saturated carbocycles. The van der Waals surface area contributed by atoms with Gasteiger partial charge in [-0.05, 0) is 62.9 Å². The molecule has 1 saturated heterocycles. The summed E-state index contributed by atoms with van der Waals surface area (Å²) in [4.78, 5) is 14.9. The lowest BCUT2D eigenvalue weighted by atomic mass is 9.74. The second-order valence-electron chi connectivity index (χ2n) is 7.39. The number of esters is 1. The van der Waals surface area contributed by atoms with Gasteiger partial charge < -0.3 is 9.47 Å². The number of likely N-dealkylation sites (tertiary alicyclic amines) is 1. The molecule has 2 aliphatic rings. The quantitative estimate of drug-likeness (QED) is 0.702. The minimum absolute atomic E-state index is 0.00926. The number of halogens is 1. The number of carbonyl (C=O) groups is 1. The summed E-state index contributed by atoms with van der Waals surface area (Å²) in [5, 5.41) is 0. The number of hydrogen-bond acceptors (Lipinski definition) is 4. The highest BCUT2D eigenvalue weighted by Crippen LogP contribution is 2.46. The molecule has 0 radical (unpaired) electrons. The Kier molecular flexibility index (Phi) is 5.62. The molecule has 1 aromatic carbocycles. The van der Waals surface area contributed by atoms with Crippen molar-refractivity contribution in [1.29, 1.82) is 0 Å². The van der Waals surface area contributed by atoms with Crippen LogP contribution in [0.3, 0.4) is 0 Å². The molecule has 0 N–H and O–H groups in total. The number of piperidine rings is 1. The van der Waals surface area contributed by atoms with Crippen molar-refractivity contribution >= 4 is 5.97 Å². The molecule has 25 heavy (non-hydrogen) atoms. The molecule has 4 nitrogen and oxygen atoms in total. The first-order valence-corrected chi connectivity index (χ1v) is 9.28. The highest BCUT2D eigenvalue weighted by atomic mass is 19.1. The van der Waals surface area contributed by atoms with Crippen LogP contribution in [-0.2, 0) is 16.1 Å². The standard InChI is InChI=1S/C20H28FNO3/c1-3-25-19(23)20(13-15-4-5-15)8-10-22(11-9-20)14-16-6-7-17(21)18(12-16)24-2/h6-7,12,15H,3-5,8-11,13-14H2,1-2H3. The van der Waals surface area contributed by atoms with E-state index in [1.807, 2.05) is 6.92 Å². The van der Waals surface area contributed by atoms with Crippen LogP contribution in [0.1, 0.15) is 44.6 Å². The van der Waals surface area contributed by atoms with E-state index in [0.717, 1.165) is 44.5 Å². The smallest absolute Gasteiger partial charge is 0.312 e. The maximum absolute atomic E-state index is 13.5. The van der Waals surface area contributed by atoms with Gasteiger partial charge in [0.05, 0.1) is 19.1 Å². The molecule has 0 amide bonds. The minimum Gasteiger partial charge on any atom is -0.494 e. The van der Waals surface area contributed by atoms with Gasteiger partial charge in [-0.3, -0.25) is 9.69 Å². The van der Waals surface area contributed by atoms with Crippen molar-refractivity contribution in [3.05, 3.63) is 29.6 Å². The summed E-state index contributed by atoms with van der Waals surface area (Å²) in [6, 6.07) is 5.01. The minimum atomic E-state index is -0.337. The molecule has 0 unspecified atom stereocenters. The number of methoxy groups -OCH3 is 1. The zero-order chi connectivity index (χ0) is 17.9. The normalized spacial score (nSPS) is 20.3. The summed E-state index contributed by atoms with van der Waals surface area (Å²) in [7, 11) is 1.48. The van der Waals surface area contributed by atoms with Gasteiger partial charge in [-0.25, -0.2) is 4.39 Å². The summed E-state index contributed by atoms with van der Waals surface area (Å²) in [5.41, 5.74) is 0.734. The van der Waals surface area contributed by atoms with Crippen molar-refractivity contribution in [2.24, 2.45) is 11.3 Å². The predicted octanol–water partition coefficient (Wildman–Crippen LogP) is 3.78. The molecule has 1 heterocycles. The van der Waals surface area contributed by atoms with E-state index in [1.54, 1.807) is 12.1 Å². The SMILES string of the molecule is CCOC(=O)C1(CC2CC2)CCN(Cc2ccc(F)c(OC)c2)CC1. The number of carbonyl (C=O) groups excluding carboxylic acids is 1.